The summed E-state index contributed by atoms with van der Waals surface area (Å²) in [6.07, 6.45) is 0.564. The molecule has 0 heterocycles. The molecule has 0 bridgehead atoms. The van der Waals surface area contributed by atoms with Gasteiger partial charge in [0.15, 0.2) is 0 Å². The highest BCUT2D eigenvalue weighted by atomic mass is 35.5. The van der Waals surface area contributed by atoms with Crippen LogP contribution in [0.5, 0.6) is 0 Å². The van der Waals surface area contributed by atoms with Gasteiger partial charge in [0.2, 0.25) is 0 Å². The Morgan fingerprint density at radius 1 is 1.27 bits per heavy atom. The van der Waals surface area contributed by atoms with Gasteiger partial charge in [-0.05, 0) is 44.9 Å². The topological polar surface area (TPSA) is 67.4 Å². The van der Waals surface area contributed by atoms with Crippen molar-refractivity contribution in [1.82, 2.24) is 10.6 Å². The zero-order valence-electron chi connectivity index (χ0n) is 13.2. The van der Waals surface area contributed by atoms with Gasteiger partial charge in [-0.2, -0.15) is 0 Å². The van der Waals surface area contributed by atoms with E-state index in [0.717, 1.165) is 5.56 Å². The van der Waals surface area contributed by atoms with Crippen molar-refractivity contribution in [1.29, 1.82) is 0 Å². The number of esters is 1. The van der Waals surface area contributed by atoms with Crippen molar-refractivity contribution in [2.45, 2.75) is 32.6 Å². The molecule has 0 aliphatic heterocycles. The first-order valence-electron chi connectivity index (χ1n) is 7.33. The van der Waals surface area contributed by atoms with E-state index in [-0.39, 0.29) is 18.6 Å². The summed E-state index contributed by atoms with van der Waals surface area (Å²) in [6.45, 7) is 6.74. The number of benzene rings is 1. The lowest BCUT2D eigenvalue weighted by Gasteiger charge is -2.23. The van der Waals surface area contributed by atoms with Crippen LogP contribution in [0, 0.1) is 0 Å². The largest absolute Gasteiger partial charge is 0.465 e. The second kappa shape index (κ2) is 8.63. The molecular formula is C16H23ClN2O3. The molecule has 0 radical (unpaired) electrons. The number of hydrogen-bond donors (Lipinski definition) is 2. The summed E-state index contributed by atoms with van der Waals surface area (Å²) in [7, 11) is 0. The average Bonchev–Trinajstić information content (AvgIpc) is 2.47. The van der Waals surface area contributed by atoms with Gasteiger partial charge in [0.25, 0.3) is 0 Å². The number of hydrogen-bond acceptors (Lipinski definition) is 3. The van der Waals surface area contributed by atoms with E-state index in [9.17, 15) is 9.59 Å². The normalized spacial score (nSPS) is 10.9. The van der Waals surface area contributed by atoms with Crippen LogP contribution in [-0.4, -0.2) is 31.7 Å². The third-order valence-corrected chi connectivity index (χ3v) is 3.47. The van der Waals surface area contributed by atoms with Crippen LogP contribution in [0.4, 0.5) is 4.79 Å². The molecule has 6 heteroatoms. The summed E-state index contributed by atoms with van der Waals surface area (Å²) in [5.74, 6) is -0.312. The lowest BCUT2D eigenvalue weighted by atomic mass is 9.85. The first kappa shape index (κ1) is 18.3. The molecule has 0 spiro atoms. The zero-order chi connectivity index (χ0) is 16.6. The van der Waals surface area contributed by atoms with Crippen molar-refractivity contribution in [3.05, 3.63) is 34.9 Å². The number of ether oxygens (including phenoxy) is 1. The van der Waals surface area contributed by atoms with Crippen LogP contribution in [0.1, 0.15) is 32.8 Å². The molecule has 0 aliphatic rings. The van der Waals surface area contributed by atoms with Gasteiger partial charge in [-0.1, -0.05) is 23.7 Å². The van der Waals surface area contributed by atoms with Crippen LogP contribution < -0.4 is 10.6 Å². The molecule has 5 nitrogen and oxygen atoms in total. The van der Waals surface area contributed by atoms with Gasteiger partial charge in [0.1, 0.15) is 0 Å². The summed E-state index contributed by atoms with van der Waals surface area (Å²) < 4.78 is 5.29. The van der Waals surface area contributed by atoms with Crippen molar-refractivity contribution in [3.63, 3.8) is 0 Å². The van der Waals surface area contributed by atoms with E-state index < -0.39 is 5.41 Å². The Balaban J connectivity index is 2.40. The Morgan fingerprint density at radius 2 is 2.00 bits per heavy atom. The Labute approximate surface area is 136 Å². The zero-order valence-corrected chi connectivity index (χ0v) is 14.0. The Kier molecular flexibility index (Phi) is 7.18. The van der Waals surface area contributed by atoms with Crippen LogP contribution in [0.25, 0.3) is 0 Å². The van der Waals surface area contributed by atoms with Crippen molar-refractivity contribution >= 4 is 23.6 Å². The third-order valence-electron chi connectivity index (χ3n) is 3.23. The molecular weight excluding hydrogens is 304 g/mol. The van der Waals surface area contributed by atoms with E-state index in [2.05, 4.69) is 10.6 Å². The summed E-state index contributed by atoms with van der Waals surface area (Å²) >= 11 is 5.96. The van der Waals surface area contributed by atoms with Crippen LogP contribution in [0.15, 0.2) is 24.3 Å². The van der Waals surface area contributed by atoms with Crippen LogP contribution >= 0.6 is 11.6 Å². The molecule has 0 saturated heterocycles. The number of rotatable bonds is 7. The molecule has 0 fully saturated rings. The number of nitrogens with one attached hydrogen (secondary N) is 2. The highest BCUT2D eigenvalue weighted by molar-refractivity contribution is 6.30. The molecule has 0 atom stereocenters. The molecule has 2 amide bonds. The second-order valence-corrected chi connectivity index (χ2v) is 5.85. The van der Waals surface area contributed by atoms with Gasteiger partial charge < -0.3 is 15.4 Å². The summed E-state index contributed by atoms with van der Waals surface area (Å²) in [4.78, 5) is 23.4. The predicted molar refractivity (Wildman–Crippen MR) is 87.1 cm³/mol. The molecule has 1 aromatic rings. The first-order chi connectivity index (χ1) is 10.4. The van der Waals surface area contributed by atoms with Gasteiger partial charge >= 0.3 is 12.0 Å². The highest BCUT2D eigenvalue weighted by Gasteiger charge is 2.31. The molecule has 0 unspecified atom stereocenters. The Morgan fingerprint density at radius 3 is 2.64 bits per heavy atom. The lowest BCUT2D eigenvalue weighted by molar-refractivity contribution is -0.149. The molecule has 2 N–H and O–H groups in total. The molecule has 122 valence electrons. The van der Waals surface area contributed by atoms with E-state index in [1.54, 1.807) is 26.0 Å². The number of carbonyl (C=O) groups excluding carboxylic acids is 2. The fourth-order valence-electron chi connectivity index (χ4n) is 1.84. The van der Waals surface area contributed by atoms with E-state index >= 15 is 0 Å². The van der Waals surface area contributed by atoms with Gasteiger partial charge in [-0.3, -0.25) is 4.79 Å². The van der Waals surface area contributed by atoms with Crippen molar-refractivity contribution < 1.29 is 14.3 Å². The fourth-order valence-corrected chi connectivity index (χ4v) is 2.03. The van der Waals surface area contributed by atoms with E-state index in [0.29, 0.717) is 24.5 Å². The first-order valence-corrected chi connectivity index (χ1v) is 7.70. The second-order valence-electron chi connectivity index (χ2n) is 5.41. The summed E-state index contributed by atoms with van der Waals surface area (Å²) in [5.41, 5.74) is 0.0446. The van der Waals surface area contributed by atoms with E-state index in [4.69, 9.17) is 16.3 Å². The standard InChI is InChI=1S/C16H23ClN2O3/c1-4-18-15(21)19-9-6-10-22-14(20)16(2,3)12-7-5-8-13(17)11-12/h5,7-8,11H,4,6,9-10H2,1-3H3,(H2,18,19,21). The molecule has 0 aliphatic carbocycles. The average molecular weight is 327 g/mol. The van der Waals surface area contributed by atoms with Crippen molar-refractivity contribution in [2.24, 2.45) is 0 Å². The monoisotopic (exact) mass is 326 g/mol. The van der Waals surface area contributed by atoms with Crippen LogP contribution in [-0.2, 0) is 14.9 Å². The number of urea groups is 1. The molecule has 22 heavy (non-hydrogen) atoms. The summed E-state index contributed by atoms with van der Waals surface area (Å²) in [5, 5.41) is 5.89. The molecule has 1 rings (SSSR count). The minimum atomic E-state index is -0.766. The molecule has 0 aromatic heterocycles. The van der Waals surface area contributed by atoms with Crippen molar-refractivity contribution in [3.8, 4) is 0 Å². The fraction of sp³-hybridized carbons (Fsp3) is 0.500. The quantitative estimate of drug-likeness (QED) is 0.598. The third kappa shape index (κ3) is 5.56. The van der Waals surface area contributed by atoms with Gasteiger partial charge in [-0.15, -0.1) is 0 Å². The number of amides is 2. The van der Waals surface area contributed by atoms with E-state index in [1.165, 1.54) is 0 Å². The molecule has 1 aromatic carbocycles. The minimum Gasteiger partial charge on any atom is -0.465 e. The van der Waals surface area contributed by atoms with Crippen molar-refractivity contribution in [2.75, 3.05) is 19.7 Å². The minimum absolute atomic E-state index is 0.215. The highest BCUT2D eigenvalue weighted by Crippen LogP contribution is 2.26. The van der Waals surface area contributed by atoms with Gasteiger partial charge in [0.05, 0.1) is 12.0 Å². The lowest BCUT2D eigenvalue weighted by Crippen LogP contribution is -2.36. The van der Waals surface area contributed by atoms with Crippen LogP contribution in [0.3, 0.4) is 0 Å². The van der Waals surface area contributed by atoms with E-state index in [1.807, 2.05) is 19.1 Å². The van der Waals surface area contributed by atoms with Gasteiger partial charge in [-0.25, -0.2) is 4.79 Å². The maximum atomic E-state index is 12.2. The Bertz CT molecular complexity index is 518. The predicted octanol–water partition coefficient (Wildman–Crippen LogP) is 2.87. The molecule has 0 saturated carbocycles. The number of carbonyl (C=O) groups is 2. The summed E-state index contributed by atoms with van der Waals surface area (Å²) in [6, 6.07) is 6.97. The van der Waals surface area contributed by atoms with Gasteiger partial charge in [0, 0.05) is 18.1 Å². The smallest absolute Gasteiger partial charge is 0.315 e. The maximum absolute atomic E-state index is 12.2. The maximum Gasteiger partial charge on any atom is 0.315 e. The Hall–Kier alpha value is -1.75. The SMILES string of the molecule is CCNC(=O)NCCCOC(=O)C(C)(C)c1cccc(Cl)c1. The van der Waals surface area contributed by atoms with Crippen LogP contribution in [0.2, 0.25) is 5.02 Å². The number of halogens is 1.